The first-order chi connectivity index (χ1) is 7.61. The minimum atomic E-state index is -0.718. The smallest absolute Gasteiger partial charge is 0.344 e. The van der Waals surface area contributed by atoms with Crippen molar-refractivity contribution in [1.82, 2.24) is 0 Å². The zero-order chi connectivity index (χ0) is 12.1. The molecule has 0 atom stereocenters. The molecule has 0 radical (unpaired) electrons. The summed E-state index contributed by atoms with van der Waals surface area (Å²) < 4.78 is 24.1. The minimum absolute atomic E-state index is 0.168. The molecule has 0 saturated heterocycles. The molecule has 0 heterocycles. The lowest BCUT2D eigenvalue weighted by molar-refractivity contribution is 0.0516. The Labute approximate surface area is 102 Å². The Morgan fingerprint density at radius 1 is 1.38 bits per heavy atom. The molecule has 0 bridgehead atoms. The Balaban J connectivity index is 3.22. The van der Waals surface area contributed by atoms with Crippen LogP contribution in [-0.4, -0.2) is 19.2 Å². The Morgan fingerprint density at radius 2 is 2.06 bits per heavy atom. The van der Waals surface area contributed by atoms with Gasteiger partial charge in [0.25, 0.3) is 0 Å². The van der Waals surface area contributed by atoms with Crippen LogP contribution in [0.25, 0.3) is 0 Å². The number of ether oxygens (including phenoxy) is 2. The van der Waals surface area contributed by atoms with Crippen LogP contribution in [0.4, 0.5) is 4.39 Å². The largest absolute Gasteiger partial charge is 0.492 e. The average molecular weight is 291 g/mol. The molecular formula is C11H12BrFO3. The van der Waals surface area contributed by atoms with Gasteiger partial charge in [-0.05, 0) is 41.9 Å². The first-order valence-corrected chi connectivity index (χ1v) is 5.69. The number of halogens is 2. The van der Waals surface area contributed by atoms with Gasteiger partial charge in [-0.15, -0.1) is 0 Å². The number of rotatable bonds is 4. The molecule has 1 aromatic rings. The third-order valence-corrected chi connectivity index (χ3v) is 2.45. The van der Waals surface area contributed by atoms with Crippen molar-refractivity contribution >= 4 is 21.9 Å². The second-order valence-corrected chi connectivity index (χ2v) is 3.74. The Kier molecular flexibility index (Phi) is 4.73. The quantitative estimate of drug-likeness (QED) is 0.799. The number of hydrogen-bond donors (Lipinski definition) is 0. The van der Waals surface area contributed by atoms with Gasteiger partial charge in [0.2, 0.25) is 0 Å². The van der Waals surface area contributed by atoms with Gasteiger partial charge in [-0.1, -0.05) is 0 Å². The SMILES string of the molecule is CCOC(=O)c1c(F)ccc(Br)c1OCC. The van der Waals surface area contributed by atoms with Crippen molar-refractivity contribution in [3.05, 3.63) is 28.0 Å². The van der Waals surface area contributed by atoms with Gasteiger partial charge in [-0.25, -0.2) is 9.18 Å². The third kappa shape index (κ3) is 2.72. The summed E-state index contributed by atoms with van der Waals surface area (Å²) in [6, 6.07) is 2.68. The molecule has 0 saturated carbocycles. The van der Waals surface area contributed by atoms with Crippen LogP contribution in [0.2, 0.25) is 0 Å². The molecule has 3 nitrogen and oxygen atoms in total. The van der Waals surface area contributed by atoms with Crippen LogP contribution >= 0.6 is 15.9 Å². The van der Waals surface area contributed by atoms with Gasteiger partial charge >= 0.3 is 5.97 Å². The maximum absolute atomic E-state index is 13.5. The highest BCUT2D eigenvalue weighted by molar-refractivity contribution is 9.10. The number of esters is 1. The molecule has 0 N–H and O–H groups in total. The zero-order valence-electron chi connectivity index (χ0n) is 9.05. The highest BCUT2D eigenvalue weighted by Crippen LogP contribution is 2.31. The van der Waals surface area contributed by atoms with E-state index in [1.54, 1.807) is 13.8 Å². The molecule has 0 unspecified atom stereocenters. The predicted molar refractivity (Wildman–Crippen MR) is 61.2 cm³/mol. The van der Waals surface area contributed by atoms with E-state index in [1.807, 2.05) is 0 Å². The molecule has 0 aliphatic rings. The van der Waals surface area contributed by atoms with Gasteiger partial charge in [0.05, 0.1) is 17.7 Å². The van der Waals surface area contributed by atoms with Crippen LogP contribution in [0, 0.1) is 5.82 Å². The molecule has 88 valence electrons. The van der Waals surface area contributed by atoms with E-state index in [0.717, 1.165) is 0 Å². The number of carbonyl (C=O) groups is 1. The minimum Gasteiger partial charge on any atom is -0.492 e. The summed E-state index contributed by atoms with van der Waals surface area (Å²) in [5, 5.41) is 0. The fourth-order valence-corrected chi connectivity index (χ4v) is 1.66. The first kappa shape index (κ1) is 13.0. The predicted octanol–water partition coefficient (Wildman–Crippen LogP) is 3.16. The molecule has 5 heteroatoms. The molecule has 0 aromatic heterocycles. The summed E-state index contributed by atoms with van der Waals surface area (Å²) >= 11 is 3.20. The van der Waals surface area contributed by atoms with E-state index in [0.29, 0.717) is 11.1 Å². The number of benzene rings is 1. The Morgan fingerprint density at radius 3 is 2.62 bits per heavy atom. The van der Waals surface area contributed by atoms with Gasteiger partial charge < -0.3 is 9.47 Å². The van der Waals surface area contributed by atoms with Crippen molar-refractivity contribution in [2.45, 2.75) is 13.8 Å². The van der Waals surface area contributed by atoms with Crippen molar-refractivity contribution in [1.29, 1.82) is 0 Å². The van der Waals surface area contributed by atoms with Crippen LogP contribution in [0.15, 0.2) is 16.6 Å². The fraction of sp³-hybridized carbons (Fsp3) is 0.364. The van der Waals surface area contributed by atoms with E-state index >= 15 is 0 Å². The van der Waals surface area contributed by atoms with Crippen molar-refractivity contribution in [3.63, 3.8) is 0 Å². The average Bonchev–Trinajstić information content (AvgIpc) is 2.24. The Hall–Kier alpha value is -1.10. The van der Waals surface area contributed by atoms with Gasteiger partial charge in [0.1, 0.15) is 11.4 Å². The summed E-state index contributed by atoms with van der Waals surface area (Å²) in [7, 11) is 0. The van der Waals surface area contributed by atoms with Crippen LogP contribution < -0.4 is 4.74 Å². The van der Waals surface area contributed by atoms with Crippen LogP contribution in [0.1, 0.15) is 24.2 Å². The summed E-state index contributed by atoms with van der Waals surface area (Å²) in [5.74, 6) is -1.18. The van der Waals surface area contributed by atoms with Gasteiger partial charge in [0.15, 0.2) is 5.75 Å². The van der Waals surface area contributed by atoms with E-state index in [-0.39, 0.29) is 17.9 Å². The molecule has 1 rings (SSSR count). The van der Waals surface area contributed by atoms with Gasteiger partial charge in [-0.3, -0.25) is 0 Å². The molecule has 0 aliphatic heterocycles. The topological polar surface area (TPSA) is 35.5 Å². The molecular weight excluding hydrogens is 279 g/mol. The third-order valence-electron chi connectivity index (χ3n) is 1.83. The fourth-order valence-electron chi connectivity index (χ4n) is 1.21. The second-order valence-electron chi connectivity index (χ2n) is 2.89. The maximum atomic E-state index is 13.5. The summed E-state index contributed by atoms with van der Waals surface area (Å²) in [5.41, 5.74) is -0.168. The molecule has 1 aromatic carbocycles. The van der Waals surface area contributed by atoms with Crippen LogP contribution in [-0.2, 0) is 4.74 Å². The van der Waals surface area contributed by atoms with Gasteiger partial charge in [0, 0.05) is 0 Å². The summed E-state index contributed by atoms with van der Waals surface area (Å²) in [6.07, 6.45) is 0. The number of carbonyl (C=O) groups excluding carboxylic acids is 1. The number of hydrogen-bond acceptors (Lipinski definition) is 3. The molecule has 0 fully saturated rings. The van der Waals surface area contributed by atoms with Crippen LogP contribution in [0.3, 0.4) is 0 Å². The van der Waals surface area contributed by atoms with E-state index in [9.17, 15) is 9.18 Å². The van der Waals surface area contributed by atoms with E-state index < -0.39 is 11.8 Å². The van der Waals surface area contributed by atoms with E-state index in [2.05, 4.69) is 15.9 Å². The van der Waals surface area contributed by atoms with Gasteiger partial charge in [-0.2, -0.15) is 0 Å². The van der Waals surface area contributed by atoms with Crippen molar-refractivity contribution in [2.24, 2.45) is 0 Å². The van der Waals surface area contributed by atoms with Crippen molar-refractivity contribution < 1.29 is 18.7 Å². The molecule has 0 spiro atoms. The molecule has 0 aliphatic carbocycles. The van der Waals surface area contributed by atoms with Crippen molar-refractivity contribution in [3.8, 4) is 5.75 Å². The molecule has 0 amide bonds. The van der Waals surface area contributed by atoms with E-state index in [1.165, 1.54) is 12.1 Å². The lowest BCUT2D eigenvalue weighted by Gasteiger charge is -2.11. The lowest BCUT2D eigenvalue weighted by atomic mass is 10.2. The standard InChI is InChI=1S/C11H12BrFO3/c1-3-15-10-7(12)5-6-8(13)9(10)11(14)16-4-2/h5-6H,3-4H2,1-2H3. The Bertz CT molecular complexity index is 393. The molecule has 16 heavy (non-hydrogen) atoms. The maximum Gasteiger partial charge on any atom is 0.344 e. The highest BCUT2D eigenvalue weighted by Gasteiger charge is 2.21. The summed E-state index contributed by atoms with van der Waals surface area (Å²) in [6.45, 7) is 3.95. The van der Waals surface area contributed by atoms with E-state index in [4.69, 9.17) is 9.47 Å². The van der Waals surface area contributed by atoms with Crippen molar-refractivity contribution in [2.75, 3.05) is 13.2 Å². The highest BCUT2D eigenvalue weighted by atomic mass is 79.9. The lowest BCUT2D eigenvalue weighted by Crippen LogP contribution is -2.10. The monoisotopic (exact) mass is 290 g/mol. The first-order valence-electron chi connectivity index (χ1n) is 4.89. The summed E-state index contributed by atoms with van der Waals surface area (Å²) in [4.78, 5) is 11.6. The van der Waals surface area contributed by atoms with Crippen LogP contribution in [0.5, 0.6) is 5.75 Å². The zero-order valence-corrected chi connectivity index (χ0v) is 10.6. The normalized spacial score (nSPS) is 10.0. The second kappa shape index (κ2) is 5.84.